The van der Waals surface area contributed by atoms with Gasteiger partial charge in [0.05, 0.1) is 11.4 Å². The maximum absolute atomic E-state index is 12.9. The topological polar surface area (TPSA) is 54.8 Å². The van der Waals surface area contributed by atoms with Crippen molar-refractivity contribution in [2.75, 3.05) is 5.32 Å². The quantitative estimate of drug-likeness (QED) is 0.605. The zero-order valence-corrected chi connectivity index (χ0v) is 13.6. The van der Waals surface area contributed by atoms with E-state index in [0.717, 1.165) is 28.0 Å². The second-order valence-corrected chi connectivity index (χ2v) is 5.84. The van der Waals surface area contributed by atoms with Gasteiger partial charge in [0.1, 0.15) is 5.69 Å². The van der Waals surface area contributed by atoms with E-state index in [-0.39, 0.29) is 5.56 Å². The highest BCUT2D eigenvalue weighted by molar-refractivity contribution is 5.84. The Hall–Kier alpha value is -3.21. The van der Waals surface area contributed by atoms with Gasteiger partial charge >= 0.3 is 0 Å². The molecule has 0 radical (unpaired) electrons. The van der Waals surface area contributed by atoms with Crippen molar-refractivity contribution in [2.45, 2.75) is 6.92 Å². The summed E-state index contributed by atoms with van der Waals surface area (Å²) in [5.41, 5.74) is 4.24. The molecular weight excluding hydrogens is 300 g/mol. The summed E-state index contributed by atoms with van der Waals surface area (Å²) < 4.78 is 3.54. The second-order valence-electron chi connectivity index (χ2n) is 5.84. The first-order valence-corrected chi connectivity index (χ1v) is 7.83. The lowest BCUT2D eigenvalue weighted by Gasteiger charge is -2.07. The molecule has 0 aliphatic heterocycles. The summed E-state index contributed by atoms with van der Waals surface area (Å²) in [5.74, 6) is 0. The van der Waals surface area contributed by atoms with Crippen LogP contribution in [-0.2, 0) is 7.05 Å². The Labute approximate surface area is 139 Å². The fraction of sp³-hybridized carbons (Fsp3) is 0.105. The number of rotatable bonds is 3. The van der Waals surface area contributed by atoms with E-state index >= 15 is 0 Å². The molecule has 0 amide bonds. The first-order valence-electron chi connectivity index (χ1n) is 7.83. The van der Waals surface area contributed by atoms with Crippen LogP contribution in [-0.4, -0.2) is 14.3 Å². The lowest BCUT2D eigenvalue weighted by atomic mass is 10.2. The molecule has 0 spiro atoms. The summed E-state index contributed by atoms with van der Waals surface area (Å²) in [6.45, 7) is 1.94. The van der Waals surface area contributed by atoms with Crippen molar-refractivity contribution in [3.8, 4) is 5.69 Å². The van der Waals surface area contributed by atoms with E-state index in [9.17, 15) is 4.79 Å². The van der Waals surface area contributed by atoms with Crippen LogP contribution < -0.4 is 10.9 Å². The fourth-order valence-corrected chi connectivity index (χ4v) is 2.99. The zero-order chi connectivity index (χ0) is 16.7. The number of anilines is 2. The molecule has 2 aromatic heterocycles. The number of hydrogen-bond acceptors (Lipinski definition) is 2. The van der Waals surface area contributed by atoms with E-state index in [1.54, 1.807) is 4.68 Å². The summed E-state index contributed by atoms with van der Waals surface area (Å²) in [7, 11) is 1.89. The monoisotopic (exact) mass is 318 g/mol. The summed E-state index contributed by atoms with van der Waals surface area (Å²) in [6.07, 6.45) is 1.91. The maximum atomic E-state index is 12.9. The highest BCUT2D eigenvalue weighted by atomic mass is 16.1. The lowest BCUT2D eigenvalue weighted by molar-refractivity contribution is 0.630. The number of hydrogen-bond donors (Lipinski definition) is 2. The molecule has 0 unspecified atom stereocenters. The van der Waals surface area contributed by atoms with Gasteiger partial charge in [-0.1, -0.05) is 18.2 Å². The molecule has 5 heteroatoms. The molecule has 2 heterocycles. The van der Waals surface area contributed by atoms with Crippen molar-refractivity contribution in [3.63, 3.8) is 0 Å². The Kier molecular flexibility index (Phi) is 3.27. The molecular formula is C19H18N4O. The van der Waals surface area contributed by atoms with E-state index in [4.69, 9.17) is 0 Å². The lowest BCUT2D eigenvalue weighted by Crippen LogP contribution is -2.20. The van der Waals surface area contributed by atoms with Crippen molar-refractivity contribution >= 4 is 22.3 Å². The van der Waals surface area contributed by atoms with E-state index in [0.29, 0.717) is 5.69 Å². The van der Waals surface area contributed by atoms with E-state index < -0.39 is 0 Å². The van der Waals surface area contributed by atoms with Crippen molar-refractivity contribution in [1.82, 2.24) is 14.3 Å². The largest absolute Gasteiger partial charge is 0.361 e. The number of H-pyrrole nitrogens is 1. The Bertz CT molecular complexity index is 1070. The minimum absolute atomic E-state index is 0.0598. The molecule has 2 N–H and O–H groups in total. The third-order valence-corrected chi connectivity index (χ3v) is 4.38. The Morgan fingerprint density at radius 2 is 1.83 bits per heavy atom. The van der Waals surface area contributed by atoms with Gasteiger partial charge in [-0.15, -0.1) is 0 Å². The van der Waals surface area contributed by atoms with Crippen molar-refractivity contribution in [2.24, 2.45) is 7.05 Å². The molecule has 5 nitrogen and oxygen atoms in total. The average molecular weight is 318 g/mol. The summed E-state index contributed by atoms with van der Waals surface area (Å²) >= 11 is 0. The first kappa shape index (κ1) is 14.4. The van der Waals surface area contributed by atoms with Gasteiger partial charge in [-0.05, 0) is 43.3 Å². The van der Waals surface area contributed by atoms with Crippen LogP contribution in [0, 0.1) is 6.92 Å². The minimum atomic E-state index is -0.0598. The van der Waals surface area contributed by atoms with Crippen LogP contribution in [0.15, 0.2) is 65.6 Å². The highest BCUT2D eigenvalue weighted by Crippen LogP contribution is 2.22. The third kappa shape index (κ3) is 2.22. The van der Waals surface area contributed by atoms with Crippen LogP contribution in [0.5, 0.6) is 0 Å². The molecule has 4 aromatic rings. The van der Waals surface area contributed by atoms with Crippen LogP contribution >= 0.6 is 0 Å². The van der Waals surface area contributed by atoms with Crippen LogP contribution in [0.3, 0.4) is 0 Å². The standard InChI is InChI=1S/C19H18N4O/c1-13-18(21-15-8-9-17-14(12-15)10-11-20-17)19(24)23(22(13)2)16-6-4-3-5-7-16/h3-12,20-21H,1-2H3. The predicted molar refractivity (Wildman–Crippen MR) is 97.3 cm³/mol. The van der Waals surface area contributed by atoms with Gasteiger partial charge in [0.25, 0.3) is 5.56 Å². The number of benzene rings is 2. The number of fused-ring (bicyclic) bond motifs is 1. The molecule has 120 valence electrons. The van der Waals surface area contributed by atoms with Crippen molar-refractivity contribution in [3.05, 3.63) is 76.8 Å². The number of aromatic nitrogens is 3. The van der Waals surface area contributed by atoms with Gasteiger partial charge in [-0.25, -0.2) is 4.68 Å². The van der Waals surface area contributed by atoms with Gasteiger partial charge in [-0.2, -0.15) is 0 Å². The van der Waals surface area contributed by atoms with E-state index in [1.807, 2.05) is 79.4 Å². The number of nitrogens with one attached hydrogen (secondary N) is 2. The molecule has 0 saturated carbocycles. The molecule has 2 aromatic carbocycles. The van der Waals surface area contributed by atoms with Crippen molar-refractivity contribution in [1.29, 1.82) is 0 Å². The molecule has 0 fully saturated rings. The zero-order valence-electron chi connectivity index (χ0n) is 13.6. The first-order chi connectivity index (χ1) is 11.6. The van der Waals surface area contributed by atoms with Gasteiger partial charge in [0.2, 0.25) is 0 Å². The Morgan fingerprint density at radius 1 is 1.04 bits per heavy atom. The molecule has 24 heavy (non-hydrogen) atoms. The summed E-state index contributed by atoms with van der Waals surface area (Å²) in [4.78, 5) is 16.1. The van der Waals surface area contributed by atoms with Gasteiger partial charge < -0.3 is 10.3 Å². The summed E-state index contributed by atoms with van der Waals surface area (Å²) in [6, 6.07) is 17.7. The van der Waals surface area contributed by atoms with Crippen molar-refractivity contribution < 1.29 is 0 Å². The molecule has 0 aliphatic rings. The number of aromatic amines is 1. The molecule has 0 bridgehead atoms. The second kappa shape index (κ2) is 5.45. The van der Waals surface area contributed by atoms with Gasteiger partial charge in [0.15, 0.2) is 0 Å². The van der Waals surface area contributed by atoms with Gasteiger partial charge in [0, 0.05) is 29.8 Å². The molecule has 4 rings (SSSR count). The third-order valence-electron chi connectivity index (χ3n) is 4.38. The fourth-order valence-electron chi connectivity index (χ4n) is 2.99. The van der Waals surface area contributed by atoms with Crippen LogP contribution in [0.2, 0.25) is 0 Å². The Balaban J connectivity index is 1.80. The average Bonchev–Trinajstić information content (AvgIpc) is 3.14. The van der Waals surface area contributed by atoms with E-state index in [2.05, 4.69) is 10.3 Å². The van der Waals surface area contributed by atoms with Crippen LogP contribution in [0.4, 0.5) is 11.4 Å². The van der Waals surface area contributed by atoms with E-state index in [1.165, 1.54) is 0 Å². The predicted octanol–water partition coefficient (Wildman–Crippen LogP) is 3.71. The number of para-hydroxylation sites is 1. The normalized spacial score (nSPS) is 11.1. The smallest absolute Gasteiger partial charge is 0.295 e. The number of nitrogens with zero attached hydrogens (tertiary/aromatic N) is 2. The Morgan fingerprint density at radius 3 is 2.62 bits per heavy atom. The maximum Gasteiger partial charge on any atom is 0.295 e. The summed E-state index contributed by atoms with van der Waals surface area (Å²) in [5, 5.41) is 4.39. The molecule has 0 saturated heterocycles. The minimum Gasteiger partial charge on any atom is -0.361 e. The van der Waals surface area contributed by atoms with Crippen LogP contribution in [0.1, 0.15) is 5.69 Å². The van der Waals surface area contributed by atoms with Crippen LogP contribution in [0.25, 0.3) is 16.6 Å². The van der Waals surface area contributed by atoms with Gasteiger partial charge in [-0.3, -0.25) is 9.48 Å². The highest BCUT2D eigenvalue weighted by Gasteiger charge is 2.16. The molecule has 0 aliphatic carbocycles. The molecule has 0 atom stereocenters. The SMILES string of the molecule is Cc1c(Nc2ccc3[nH]ccc3c2)c(=O)n(-c2ccccc2)n1C.